The molecule has 0 radical (unpaired) electrons. The van der Waals surface area contributed by atoms with Crippen molar-refractivity contribution in [1.82, 2.24) is 19.9 Å². The third kappa shape index (κ3) is 36.0. The fourth-order valence-electron chi connectivity index (χ4n) is 2.06. The molecule has 0 unspecified atom stereocenters. The van der Waals surface area contributed by atoms with E-state index in [1.54, 1.807) is 24.8 Å². The monoisotopic (exact) mass is 1030 g/mol. The van der Waals surface area contributed by atoms with Crippen LogP contribution in [0.25, 0.3) is 22.8 Å². The molecule has 0 atom stereocenters. The average Bonchev–Trinajstić information content (AvgIpc) is 2.78. The maximum Gasteiger partial charge on any atom is 3.00 e. The summed E-state index contributed by atoms with van der Waals surface area (Å²) in [6, 6.07) is 23.2. The van der Waals surface area contributed by atoms with E-state index in [1.165, 1.54) is 0 Å². The van der Waals surface area contributed by atoms with E-state index in [2.05, 4.69) is 19.9 Å². The molecule has 0 aliphatic carbocycles. The number of halogens is 12. The topological polar surface area (TPSA) is 109 Å². The first-order valence-electron chi connectivity index (χ1n) is 9.61. The molecule has 4 heterocycles. The van der Waals surface area contributed by atoms with Gasteiger partial charge < -0.3 is 11.0 Å². The van der Waals surface area contributed by atoms with Crippen molar-refractivity contribution in [3.8, 4) is 22.8 Å². The van der Waals surface area contributed by atoms with E-state index in [-0.39, 0.29) is 55.7 Å². The molecule has 6 nitrogen and oxygen atoms in total. The van der Waals surface area contributed by atoms with Crippen molar-refractivity contribution in [2.75, 3.05) is 0 Å². The van der Waals surface area contributed by atoms with E-state index < -0.39 is 15.6 Å². The summed E-state index contributed by atoms with van der Waals surface area (Å²) in [4.78, 5) is 16.7. The van der Waals surface area contributed by atoms with Crippen molar-refractivity contribution in [3.05, 3.63) is 97.6 Å². The van der Waals surface area contributed by atoms with E-state index in [1.807, 2.05) is 72.8 Å². The van der Waals surface area contributed by atoms with Crippen LogP contribution in [0.1, 0.15) is 0 Å². The van der Waals surface area contributed by atoms with Crippen LogP contribution < -0.4 is 0 Å². The third-order valence-corrected chi connectivity index (χ3v) is 3.18. The van der Waals surface area contributed by atoms with Gasteiger partial charge in [-0.1, -0.05) is 24.3 Å². The van der Waals surface area contributed by atoms with Gasteiger partial charge in [0.25, 0.3) is 0 Å². The summed E-state index contributed by atoms with van der Waals surface area (Å²) >= 11 is 0. The van der Waals surface area contributed by atoms with Crippen LogP contribution in [0.2, 0.25) is 0 Å². The Balaban J connectivity index is -0.000000230. The average molecular weight is 1030 g/mol. The number of rotatable bonds is 2. The zero-order valence-corrected chi connectivity index (χ0v) is 26.0. The molecule has 22 heteroatoms. The predicted molar refractivity (Wildman–Crippen MR) is 123 cm³/mol. The van der Waals surface area contributed by atoms with Crippen molar-refractivity contribution in [2.45, 2.75) is 0 Å². The number of aromatic nitrogens is 4. The van der Waals surface area contributed by atoms with E-state index in [0.717, 1.165) is 22.8 Å². The van der Waals surface area contributed by atoms with Gasteiger partial charge in [0, 0.05) is 24.8 Å². The first kappa shape index (κ1) is 47.0. The van der Waals surface area contributed by atoms with Gasteiger partial charge in [0.15, 0.2) is 0 Å². The van der Waals surface area contributed by atoms with Crippen LogP contribution in [-0.4, -0.2) is 19.9 Å². The van der Waals surface area contributed by atoms with Gasteiger partial charge >= 0.3 is 111 Å². The number of nitrogens with zero attached hydrogens (tertiary/aromatic N) is 4. The van der Waals surface area contributed by atoms with Crippen molar-refractivity contribution < 1.29 is 106 Å². The van der Waals surface area contributed by atoms with Gasteiger partial charge in [0.05, 0.1) is 22.8 Å². The number of hydrogen-bond acceptors (Lipinski definition) is 4. The smallest absolute Gasteiger partial charge is 2.00 e. The van der Waals surface area contributed by atoms with Crippen LogP contribution in [-0.2, 0) is 55.7 Å². The Labute approximate surface area is 261 Å². The van der Waals surface area contributed by atoms with Crippen molar-refractivity contribution >= 4 is 15.6 Å². The number of pyridine rings is 4. The molecule has 0 N–H and O–H groups in total. The molecule has 0 bridgehead atoms. The third-order valence-electron chi connectivity index (χ3n) is 3.18. The molecular weight excluding hydrogens is 1010 g/mol. The summed E-state index contributed by atoms with van der Waals surface area (Å²) < 4.78 is 118. The largest absolute Gasteiger partial charge is 3.00 e. The molecule has 4 aromatic rings. The van der Waals surface area contributed by atoms with Gasteiger partial charge in [0.2, 0.25) is 0 Å². The van der Waals surface area contributed by atoms with E-state index in [4.69, 9.17) is 0 Å². The summed E-state index contributed by atoms with van der Waals surface area (Å²) in [6.45, 7) is 0. The van der Waals surface area contributed by atoms with Gasteiger partial charge in [-0.3, -0.25) is 19.9 Å². The molecule has 42 heavy (non-hydrogen) atoms. The minimum absolute atomic E-state index is 0. The molecule has 4 aromatic heterocycles. The molecule has 0 aliphatic rings. The number of hydrogen-bond donors (Lipinski definition) is 0. The summed E-state index contributed by atoms with van der Waals surface area (Å²) in [6.07, 6.45) is 7.07. The van der Waals surface area contributed by atoms with Gasteiger partial charge in [-0.05, 0) is 48.5 Å². The maximum absolute atomic E-state index is 10.7. The molecule has 0 amide bonds. The normalized spacial score (nSPS) is 13.2. The molecule has 0 fully saturated rings. The molecule has 4 rings (SSSR count). The fraction of sp³-hybridized carbons (Fsp3) is 0. The maximum atomic E-state index is 9.87. The quantitative estimate of drug-likeness (QED) is 0.113. The van der Waals surface area contributed by atoms with Crippen molar-refractivity contribution in [1.29, 1.82) is 0 Å². The van der Waals surface area contributed by atoms with E-state index in [9.17, 15) is 50.4 Å². The summed E-state index contributed by atoms with van der Waals surface area (Å²) in [7, 11) is -21.3. The van der Waals surface area contributed by atoms with E-state index >= 15 is 0 Å². The minimum Gasteiger partial charge on any atom is -2.00 e. The Morgan fingerprint density at radius 1 is 0.333 bits per heavy atom. The Bertz CT molecular complexity index is 1080. The molecule has 0 saturated heterocycles. The van der Waals surface area contributed by atoms with Gasteiger partial charge in [-0.15, -0.1) is 0 Å². The van der Waals surface area contributed by atoms with E-state index in [0.29, 0.717) is 0 Å². The van der Waals surface area contributed by atoms with Gasteiger partial charge in [0.1, 0.15) is 0 Å². The fourth-order valence-corrected chi connectivity index (χ4v) is 2.06. The Kier molecular flexibility index (Phi) is 17.5. The Morgan fingerprint density at radius 3 is 0.571 bits per heavy atom. The zero-order chi connectivity index (χ0) is 29.3. The molecule has 0 spiro atoms. The predicted octanol–water partition coefficient (Wildman–Crippen LogP) is 10.8. The van der Waals surface area contributed by atoms with Crippen LogP contribution in [0, 0.1) is 0 Å². The SMILES string of the molecule is F[P-](F)(F)(F)(F)F.F[P-](F)(F)(F)(F)F.[Au+3].[Au+3].[O-2].[O-2].c1ccc(-c2ccccn2)nc1.c1ccc(-c2ccccn2)nc1. The van der Waals surface area contributed by atoms with Gasteiger partial charge in [-0.2, -0.15) is 0 Å². The second-order valence-corrected chi connectivity index (χ2v) is 10.6. The van der Waals surface area contributed by atoms with Crippen LogP contribution in [0.3, 0.4) is 0 Å². The second-order valence-electron chi connectivity index (χ2n) is 6.78. The minimum atomic E-state index is -10.7. The molecular formula is C20H16Au2F12N4O2P2. The molecule has 244 valence electrons. The van der Waals surface area contributed by atoms with Crippen LogP contribution in [0.4, 0.5) is 50.4 Å². The standard InChI is InChI=1S/2C10H8N2.2Au.2F6P.2O/c2*1-3-7-11-9(5-1)10-6-2-4-8-12-10;;;2*1-7(2,3,4,5)6;;/h2*1-8H;;;;;;/q;;2*+3;2*-1;2*-2. The summed E-state index contributed by atoms with van der Waals surface area (Å²) in [5.74, 6) is 0. The summed E-state index contributed by atoms with van der Waals surface area (Å²) in [5, 5.41) is 0. The van der Waals surface area contributed by atoms with Crippen LogP contribution in [0.15, 0.2) is 97.6 Å². The molecule has 0 aromatic carbocycles. The summed E-state index contributed by atoms with van der Waals surface area (Å²) in [5.41, 5.74) is 3.66. The van der Waals surface area contributed by atoms with Crippen LogP contribution in [0.5, 0.6) is 0 Å². The van der Waals surface area contributed by atoms with Gasteiger partial charge in [-0.25, -0.2) is 0 Å². The Morgan fingerprint density at radius 2 is 0.476 bits per heavy atom. The second kappa shape index (κ2) is 15.7. The zero-order valence-electron chi connectivity index (χ0n) is 19.9. The first-order valence-corrected chi connectivity index (χ1v) is 13.7. The van der Waals surface area contributed by atoms with Crippen molar-refractivity contribution in [2.24, 2.45) is 0 Å². The molecule has 0 saturated carbocycles. The van der Waals surface area contributed by atoms with Crippen LogP contribution >= 0.6 is 15.6 Å². The van der Waals surface area contributed by atoms with Crippen molar-refractivity contribution in [3.63, 3.8) is 0 Å². The Hall–Kier alpha value is -1.98. The first-order chi connectivity index (χ1) is 16.8. The molecule has 0 aliphatic heterocycles.